The van der Waals surface area contributed by atoms with Crippen molar-refractivity contribution in [3.05, 3.63) is 59.2 Å². The van der Waals surface area contributed by atoms with E-state index in [2.05, 4.69) is 10.4 Å². The van der Waals surface area contributed by atoms with Gasteiger partial charge in [0.1, 0.15) is 5.75 Å². The molecule has 0 radical (unpaired) electrons. The monoisotopic (exact) mass is 389 g/mol. The fourth-order valence-corrected chi connectivity index (χ4v) is 2.69. The summed E-state index contributed by atoms with van der Waals surface area (Å²) in [7, 11) is -2.88. The fraction of sp³-hybridized carbons (Fsp3) is 0.167. The summed E-state index contributed by atoms with van der Waals surface area (Å²) in [5.41, 5.74) is 3.08. The van der Waals surface area contributed by atoms with E-state index in [9.17, 15) is 13.2 Å². The number of nitrogens with zero attached hydrogens (tertiary/aromatic N) is 1. The van der Waals surface area contributed by atoms with Crippen LogP contribution in [0.2, 0.25) is 0 Å². The number of aliphatic carboxylic acids is 1. The highest BCUT2D eigenvalue weighted by molar-refractivity contribution is 7.75. The molecule has 0 amide bonds. The van der Waals surface area contributed by atoms with Crippen LogP contribution in [0.1, 0.15) is 16.7 Å². The molecular weight excluding hydrogens is 370 g/mol. The number of nitrogens with two attached hydrogens (primary N) is 1. The van der Waals surface area contributed by atoms with Crippen LogP contribution in [0, 0.1) is 6.92 Å². The van der Waals surface area contributed by atoms with Crippen molar-refractivity contribution in [2.75, 3.05) is 11.9 Å². The minimum Gasteiger partial charge on any atom is -0.493 e. The molecule has 0 aliphatic heterocycles. The van der Waals surface area contributed by atoms with Crippen molar-refractivity contribution in [3.63, 3.8) is 0 Å². The molecule has 142 valence electrons. The van der Waals surface area contributed by atoms with Gasteiger partial charge in [-0.3, -0.25) is 0 Å². The number of hydrogen-bond donors (Lipinski definition) is 3. The van der Waals surface area contributed by atoms with Crippen LogP contribution in [0.5, 0.6) is 5.75 Å². The number of carboxylic acids is 1. The molecule has 0 aliphatic carbocycles. The van der Waals surface area contributed by atoms with Gasteiger partial charge >= 0.3 is 5.97 Å². The second kappa shape index (κ2) is 9.39. The minimum absolute atomic E-state index is 0.317. The van der Waals surface area contributed by atoms with Gasteiger partial charge in [0, 0.05) is 18.2 Å². The van der Waals surface area contributed by atoms with Gasteiger partial charge in [0.2, 0.25) is 15.3 Å². The molecule has 0 saturated carbocycles. The Bertz CT molecular complexity index is 975. The third-order valence-corrected chi connectivity index (χ3v) is 4.14. The molecule has 0 heterocycles. The Morgan fingerprint density at radius 3 is 2.56 bits per heavy atom. The molecule has 8 nitrogen and oxygen atoms in total. The van der Waals surface area contributed by atoms with Crippen LogP contribution in [-0.4, -0.2) is 37.3 Å². The number of hydrogen-bond acceptors (Lipinski definition) is 6. The maximum Gasteiger partial charge on any atom is 0.368 e. The lowest BCUT2D eigenvalue weighted by Crippen LogP contribution is -2.23. The molecule has 2 aromatic carbocycles. The molecule has 27 heavy (non-hydrogen) atoms. The summed E-state index contributed by atoms with van der Waals surface area (Å²) >= 11 is 0. The summed E-state index contributed by atoms with van der Waals surface area (Å²) in [5, 5.41) is 14.8. The first-order valence-electron chi connectivity index (χ1n) is 7.92. The molecule has 0 bridgehead atoms. The summed E-state index contributed by atoms with van der Waals surface area (Å²) < 4.78 is 27.7. The lowest BCUT2D eigenvalue weighted by molar-refractivity contribution is -0.129. The Kier molecular flexibility index (Phi) is 6.95. The number of carbonyl (C=O) groups is 1. The summed E-state index contributed by atoms with van der Waals surface area (Å²) in [6.45, 7) is 2.20. The van der Waals surface area contributed by atoms with E-state index in [1.54, 1.807) is 31.3 Å². The molecule has 0 spiro atoms. The molecule has 0 unspecified atom stereocenters. The smallest absolute Gasteiger partial charge is 0.368 e. The van der Waals surface area contributed by atoms with E-state index >= 15 is 0 Å². The highest BCUT2D eigenvalue weighted by atomic mass is 32.2. The Morgan fingerprint density at radius 2 is 1.96 bits per heavy atom. The Hall–Kier alpha value is -3.33. The minimum atomic E-state index is -2.88. The molecule has 2 rings (SSSR count). The zero-order valence-electron chi connectivity index (χ0n) is 14.5. The highest BCUT2D eigenvalue weighted by Crippen LogP contribution is 2.21. The lowest BCUT2D eigenvalue weighted by atomic mass is 10.1. The van der Waals surface area contributed by atoms with Gasteiger partial charge in [-0.05, 0) is 35.7 Å². The third kappa shape index (κ3) is 6.15. The van der Waals surface area contributed by atoms with E-state index in [-0.39, 0.29) is 0 Å². The zero-order valence-corrected chi connectivity index (χ0v) is 15.4. The van der Waals surface area contributed by atoms with E-state index < -0.39 is 21.3 Å². The van der Waals surface area contributed by atoms with Gasteiger partial charge in [0.15, 0.2) is 0 Å². The van der Waals surface area contributed by atoms with Gasteiger partial charge in [-0.1, -0.05) is 24.3 Å². The van der Waals surface area contributed by atoms with Crippen LogP contribution >= 0.6 is 0 Å². The Morgan fingerprint density at radius 1 is 1.26 bits per heavy atom. The number of hydrazone groups is 1. The van der Waals surface area contributed by atoms with Crippen LogP contribution in [0.15, 0.2) is 47.6 Å². The van der Waals surface area contributed by atoms with Gasteiger partial charge in [-0.25, -0.2) is 4.79 Å². The van der Waals surface area contributed by atoms with Crippen molar-refractivity contribution in [2.45, 2.75) is 13.3 Å². The number of benzene rings is 2. The maximum atomic E-state index is 11.0. The van der Waals surface area contributed by atoms with Crippen LogP contribution < -0.4 is 15.9 Å². The SMILES string of the molecule is Cc1cc(NC(C(=O)O)=S(=O)=O)cc(OCCc2ccc(C=NN)cc2)c1. The van der Waals surface area contributed by atoms with E-state index in [0.717, 1.165) is 16.7 Å². The first-order chi connectivity index (χ1) is 12.9. The first-order valence-corrected chi connectivity index (χ1v) is 8.99. The summed E-state index contributed by atoms with van der Waals surface area (Å²) in [4.78, 5) is 10.1. The van der Waals surface area contributed by atoms with E-state index in [1.165, 1.54) is 0 Å². The van der Waals surface area contributed by atoms with Gasteiger partial charge in [0.05, 0.1) is 12.8 Å². The Labute approximate surface area is 157 Å². The quantitative estimate of drug-likeness (QED) is 0.295. The van der Waals surface area contributed by atoms with Crippen molar-refractivity contribution < 1.29 is 23.1 Å². The zero-order chi connectivity index (χ0) is 19.8. The molecule has 4 N–H and O–H groups in total. The predicted octanol–water partition coefficient (Wildman–Crippen LogP) is 1.41. The van der Waals surface area contributed by atoms with Gasteiger partial charge in [-0.15, -0.1) is 0 Å². The summed E-state index contributed by atoms with van der Waals surface area (Å²) in [6, 6.07) is 12.6. The van der Waals surface area contributed by atoms with Crippen molar-refractivity contribution in [1.82, 2.24) is 0 Å². The molecule has 0 aromatic heterocycles. The number of rotatable bonds is 6. The van der Waals surface area contributed by atoms with Gasteiger partial charge < -0.3 is 21.0 Å². The molecule has 0 saturated heterocycles. The highest BCUT2D eigenvalue weighted by Gasteiger charge is 2.12. The van der Waals surface area contributed by atoms with Crippen molar-refractivity contribution >= 4 is 33.2 Å². The van der Waals surface area contributed by atoms with E-state index in [4.69, 9.17) is 15.7 Å². The molecule has 0 fully saturated rings. The lowest BCUT2D eigenvalue weighted by Gasteiger charge is -2.11. The van der Waals surface area contributed by atoms with E-state index in [0.29, 0.717) is 24.5 Å². The third-order valence-electron chi connectivity index (χ3n) is 3.53. The number of anilines is 1. The van der Waals surface area contributed by atoms with Crippen LogP contribution in [-0.2, 0) is 21.5 Å². The van der Waals surface area contributed by atoms with Gasteiger partial charge in [-0.2, -0.15) is 13.5 Å². The van der Waals surface area contributed by atoms with Crippen molar-refractivity contribution in [3.8, 4) is 5.75 Å². The second-order valence-corrected chi connectivity index (χ2v) is 6.52. The number of carboxylic acid groups (broad SMARTS) is 1. The average molecular weight is 389 g/mol. The largest absolute Gasteiger partial charge is 0.493 e. The first kappa shape index (κ1) is 20.0. The standard InChI is InChI=1S/C18H19N3O5S/c1-12-8-15(21-17(18(22)23)27(24)25)10-16(9-12)26-7-6-13-2-4-14(5-3-13)11-20-19/h2-5,8-11,21H,6-7,19H2,1H3,(H,22,23). The fourth-order valence-electron chi connectivity index (χ4n) is 2.34. The van der Waals surface area contributed by atoms with Crippen LogP contribution in [0.3, 0.4) is 0 Å². The summed E-state index contributed by atoms with van der Waals surface area (Å²) in [6.07, 6.45) is 2.21. The number of nitrogens with one attached hydrogen (secondary N) is 1. The number of ether oxygens (including phenoxy) is 1. The van der Waals surface area contributed by atoms with Crippen molar-refractivity contribution in [2.24, 2.45) is 10.9 Å². The van der Waals surface area contributed by atoms with E-state index in [1.807, 2.05) is 24.3 Å². The topological polar surface area (TPSA) is 131 Å². The average Bonchev–Trinajstić information content (AvgIpc) is 2.60. The van der Waals surface area contributed by atoms with Crippen LogP contribution in [0.25, 0.3) is 0 Å². The number of aryl methyl sites for hydroxylation is 1. The second-order valence-electron chi connectivity index (χ2n) is 5.65. The normalized spacial score (nSPS) is 10.6. The molecular formula is C18H19N3O5S. The maximum absolute atomic E-state index is 11.0. The molecule has 9 heteroatoms. The van der Waals surface area contributed by atoms with Crippen molar-refractivity contribution in [1.29, 1.82) is 0 Å². The molecule has 0 atom stereocenters. The van der Waals surface area contributed by atoms with Gasteiger partial charge in [0.25, 0.3) is 0 Å². The Balaban J connectivity index is 2.03. The predicted molar refractivity (Wildman–Crippen MR) is 104 cm³/mol. The van der Waals surface area contributed by atoms with Crippen LogP contribution in [0.4, 0.5) is 5.69 Å². The summed E-state index contributed by atoms with van der Waals surface area (Å²) in [5.74, 6) is 4.05. The molecule has 2 aromatic rings. The molecule has 0 aliphatic rings.